The van der Waals surface area contributed by atoms with Crippen molar-refractivity contribution >= 4 is 17.4 Å². The minimum absolute atomic E-state index is 0.169. The van der Waals surface area contributed by atoms with E-state index in [-0.39, 0.29) is 11.7 Å². The molecule has 3 heterocycles. The van der Waals surface area contributed by atoms with E-state index in [0.29, 0.717) is 33.9 Å². The Hall–Kier alpha value is -4.34. The molecule has 2 aromatic heterocycles. The molecule has 0 radical (unpaired) electrons. The number of methoxy groups -OCH3 is 1. The maximum atomic E-state index is 13.7. The van der Waals surface area contributed by atoms with Gasteiger partial charge in [-0.05, 0) is 42.5 Å². The molecule has 6 rings (SSSR count). The SMILES string of the molecule is COc1ccc(-c2n[nH]c3c2C(=O)c2c(NC(=O)C(c4ccccn4)N4CCNCC4)cccc2-3)cc1. The van der Waals surface area contributed by atoms with Crippen molar-refractivity contribution in [2.75, 3.05) is 38.6 Å². The number of aromatic amines is 1. The molecule has 37 heavy (non-hydrogen) atoms. The summed E-state index contributed by atoms with van der Waals surface area (Å²) < 4.78 is 5.25. The van der Waals surface area contributed by atoms with Crippen LogP contribution in [0, 0.1) is 0 Å². The molecule has 9 heteroatoms. The zero-order chi connectivity index (χ0) is 25.4. The van der Waals surface area contributed by atoms with E-state index in [1.165, 1.54) is 0 Å². The third kappa shape index (κ3) is 4.08. The largest absolute Gasteiger partial charge is 0.497 e. The summed E-state index contributed by atoms with van der Waals surface area (Å²) in [7, 11) is 1.61. The predicted octanol–water partition coefficient (Wildman–Crippen LogP) is 3.28. The van der Waals surface area contributed by atoms with Gasteiger partial charge in [-0.1, -0.05) is 18.2 Å². The Labute approximate surface area is 213 Å². The summed E-state index contributed by atoms with van der Waals surface area (Å²) in [4.78, 5) is 34.1. The van der Waals surface area contributed by atoms with E-state index in [9.17, 15) is 9.59 Å². The van der Waals surface area contributed by atoms with Crippen LogP contribution in [0.15, 0.2) is 66.9 Å². The average molecular weight is 495 g/mol. The highest BCUT2D eigenvalue weighted by Crippen LogP contribution is 2.43. The van der Waals surface area contributed by atoms with Crippen LogP contribution in [-0.2, 0) is 4.79 Å². The molecule has 2 aliphatic rings. The molecule has 2 aromatic carbocycles. The number of rotatable bonds is 6. The van der Waals surface area contributed by atoms with Crippen LogP contribution >= 0.6 is 0 Å². The molecular formula is C28H26N6O3. The van der Waals surface area contributed by atoms with Crippen LogP contribution in [0.5, 0.6) is 5.75 Å². The molecule has 1 unspecified atom stereocenters. The van der Waals surface area contributed by atoms with Gasteiger partial charge in [0.05, 0.1) is 35.3 Å². The van der Waals surface area contributed by atoms with Gasteiger partial charge >= 0.3 is 0 Å². The van der Waals surface area contributed by atoms with Crippen LogP contribution in [0.4, 0.5) is 5.69 Å². The second kappa shape index (κ2) is 9.61. The minimum Gasteiger partial charge on any atom is -0.497 e. The Bertz CT molecular complexity index is 1460. The molecule has 1 aliphatic heterocycles. The van der Waals surface area contributed by atoms with E-state index in [4.69, 9.17) is 4.74 Å². The lowest BCUT2D eigenvalue weighted by Gasteiger charge is -2.33. The van der Waals surface area contributed by atoms with Crippen molar-refractivity contribution in [2.24, 2.45) is 0 Å². The van der Waals surface area contributed by atoms with E-state index >= 15 is 0 Å². The standard InChI is InChI=1S/C28H26N6O3/c1-37-18-10-8-17(9-11-18)24-23-25(33-32-24)19-5-4-7-20(22(19)27(23)35)31-28(36)26(21-6-2-3-12-30-21)34-15-13-29-14-16-34/h2-12,26,29H,13-16H2,1H3,(H,31,36)(H,32,33). The molecular weight excluding hydrogens is 468 g/mol. The molecule has 3 N–H and O–H groups in total. The van der Waals surface area contributed by atoms with Crippen molar-refractivity contribution in [3.63, 3.8) is 0 Å². The first-order valence-electron chi connectivity index (χ1n) is 12.2. The van der Waals surface area contributed by atoms with E-state index in [0.717, 1.165) is 43.1 Å². The number of piperazine rings is 1. The van der Waals surface area contributed by atoms with Gasteiger partial charge in [-0.25, -0.2) is 0 Å². The number of ether oxygens (including phenoxy) is 1. The number of hydrogen-bond donors (Lipinski definition) is 3. The van der Waals surface area contributed by atoms with Crippen LogP contribution in [0.3, 0.4) is 0 Å². The fourth-order valence-corrected chi connectivity index (χ4v) is 5.12. The molecule has 1 aliphatic carbocycles. The Morgan fingerprint density at radius 3 is 2.57 bits per heavy atom. The molecule has 1 saturated heterocycles. The first-order chi connectivity index (χ1) is 18.2. The number of H-pyrrole nitrogens is 1. The van der Waals surface area contributed by atoms with E-state index < -0.39 is 6.04 Å². The number of hydrogen-bond acceptors (Lipinski definition) is 7. The zero-order valence-electron chi connectivity index (χ0n) is 20.3. The number of carbonyl (C=O) groups is 2. The third-order valence-corrected chi connectivity index (χ3v) is 6.91. The fraction of sp³-hybridized carbons (Fsp3) is 0.214. The monoisotopic (exact) mass is 494 g/mol. The number of fused-ring (bicyclic) bond motifs is 3. The smallest absolute Gasteiger partial charge is 0.247 e. The van der Waals surface area contributed by atoms with Crippen molar-refractivity contribution in [1.82, 2.24) is 25.4 Å². The summed E-state index contributed by atoms with van der Waals surface area (Å²) in [6.07, 6.45) is 1.70. The Morgan fingerprint density at radius 2 is 1.84 bits per heavy atom. The number of carbonyl (C=O) groups excluding carboxylic acids is 2. The lowest BCUT2D eigenvalue weighted by atomic mass is 10.0. The summed E-state index contributed by atoms with van der Waals surface area (Å²) in [6.45, 7) is 3.04. The average Bonchev–Trinajstić information content (AvgIpc) is 3.50. The highest BCUT2D eigenvalue weighted by atomic mass is 16.5. The second-order valence-electron chi connectivity index (χ2n) is 9.04. The third-order valence-electron chi connectivity index (χ3n) is 6.91. The van der Waals surface area contributed by atoms with Gasteiger partial charge in [-0.2, -0.15) is 5.10 Å². The molecule has 186 valence electrons. The molecule has 1 amide bonds. The van der Waals surface area contributed by atoms with Crippen LogP contribution in [-0.4, -0.2) is 65.1 Å². The number of nitrogens with one attached hydrogen (secondary N) is 3. The van der Waals surface area contributed by atoms with Crippen LogP contribution in [0.1, 0.15) is 27.7 Å². The van der Waals surface area contributed by atoms with Gasteiger partial charge in [0.2, 0.25) is 5.91 Å². The Morgan fingerprint density at radius 1 is 1.03 bits per heavy atom. The number of ketones is 1. The molecule has 0 spiro atoms. The van der Waals surface area contributed by atoms with Crippen molar-refractivity contribution < 1.29 is 14.3 Å². The lowest BCUT2D eigenvalue weighted by molar-refractivity contribution is -0.121. The van der Waals surface area contributed by atoms with Crippen LogP contribution in [0.25, 0.3) is 22.5 Å². The first-order valence-corrected chi connectivity index (χ1v) is 12.2. The quantitative estimate of drug-likeness (QED) is 0.332. The number of amides is 1. The van der Waals surface area contributed by atoms with Crippen molar-refractivity contribution in [2.45, 2.75) is 6.04 Å². The van der Waals surface area contributed by atoms with Crippen molar-refractivity contribution in [3.05, 3.63) is 83.7 Å². The number of anilines is 1. The maximum Gasteiger partial charge on any atom is 0.247 e. The summed E-state index contributed by atoms with van der Waals surface area (Å²) in [5.74, 6) is 0.338. The summed E-state index contributed by atoms with van der Waals surface area (Å²) in [6, 6.07) is 17.9. The van der Waals surface area contributed by atoms with Crippen molar-refractivity contribution in [1.29, 1.82) is 0 Å². The number of nitrogens with zero attached hydrogens (tertiary/aromatic N) is 3. The molecule has 0 bridgehead atoms. The van der Waals surface area contributed by atoms with Gasteiger partial charge in [0.25, 0.3) is 0 Å². The van der Waals surface area contributed by atoms with Gasteiger partial charge in [-0.15, -0.1) is 0 Å². The number of aromatic nitrogens is 3. The van der Waals surface area contributed by atoms with Gasteiger partial charge in [0.1, 0.15) is 17.5 Å². The topological polar surface area (TPSA) is 112 Å². The second-order valence-corrected chi connectivity index (χ2v) is 9.04. The maximum absolute atomic E-state index is 13.7. The zero-order valence-corrected chi connectivity index (χ0v) is 20.3. The Kier molecular flexibility index (Phi) is 5.99. The first kappa shape index (κ1) is 23.1. The normalized spacial score (nSPS) is 15.6. The summed E-state index contributed by atoms with van der Waals surface area (Å²) >= 11 is 0. The summed E-state index contributed by atoms with van der Waals surface area (Å²) in [5, 5.41) is 13.9. The van der Waals surface area contributed by atoms with Gasteiger partial charge in [0, 0.05) is 43.5 Å². The molecule has 1 fully saturated rings. The molecule has 0 saturated carbocycles. The van der Waals surface area contributed by atoms with Crippen LogP contribution in [0.2, 0.25) is 0 Å². The number of benzene rings is 2. The minimum atomic E-state index is -0.565. The predicted molar refractivity (Wildman–Crippen MR) is 139 cm³/mol. The van der Waals surface area contributed by atoms with Gasteiger partial charge in [0.15, 0.2) is 5.78 Å². The van der Waals surface area contributed by atoms with E-state index in [1.807, 2.05) is 54.6 Å². The van der Waals surface area contributed by atoms with Gasteiger partial charge in [-0.3, -0.25) is 24.6 Å². The number of pyridine rings is 1. The highest BCUT2D eigenvalue weighted by Gasteiger charge is 2.36. The van der Waals surface area contributed by atoms with Gasteiger partial charge < -0.3 is 15.4 Å². The summed E-state index contributed by atoms with van der Waals surface area (Å²) in [5.41, 5.74) is 4.89. The lowest BCUT2D eigenvalue weighted by Crippen LogP contribution is -2.48. The van der Waals surface area contributed by atoms with E-state index in [1.54, 1.807) is 19.4 Å². The highest BCUT2D eigenvalue weighted by molar-refractivity contribution is 6.27. The Balaban J connectivity index is 1.33. The molecule has 9 nitrogen and oxygen atoms in total. The van der Waals surface area contributed by atoms with Crippen molar-refractivity contribution in [3.8, 4) is 28.3 Å². The molecule has 1 atom stereocenters. The van der Waals surface area contributed by atoms with E-state index in [2.05, 4.69) is 30.7 Å². The molecule has 4 aromatic rings. The fourth-order valence-electron chi connectivity index (χ4n) is 5.12. The van der Waals surface area contributed by atoms with Crippen LogP contribution < -0.4 is 15.4 Å².